The van der Waals surface area contributed by atoms with Crippen molar-refractivity contribution >= 4 is 5.82 Å². The van der Waals surface area contributed by atoms with Crippen LogP contribution in [0.1, 0.15) is 0 Å². The maximum absolute atomic E-state index is 11.6. The lowest BCUT2D eigenvalue weighted by molar-refractivity contribution is -0.154. The molecule has 0 amide bonds. The molecular weight excluding hydrogens is 187 g/mol. The molecule has 0 aliphatic heterocycles. The van der Waals surface area contributed by atoms with Gasteiger partial charge in [-0.15, -0.1) is 0 Å². The lowest BCUT2D eigenvalue weighted by atomic mass is 10.6. The van der Waals surface area contributed by atoms with E-state index in [2.05, 4.69) is 14.7 Å². The molecule has 0 spiro atoms. The Labute approximate surface area is 71.6 Å². The first kappa shape index (κ1) is 9.56. The van der Waals surface area contributed by atoms with Crippen LogP contribution >= 0.6 is 0 Å². The zero-order valence-electron chi connectivity index (χ0n) is 6.38. The molecule has 0 saturated heterocycles. The number of hydrogen-bond acceptors (Lipinski definition) is 4. The van der Waals surface area contributed by atoms with Gasteiger partial charge in [0.25, 0.3) is 0 Å². The van der Waals surface area contributed by atoms with Crippen LogP contribution in [0.4, 0.5) is 19.0 Å². The molecule has 0 aliphatic rings. The summed E-state index contributed by atoms with van der Waals surface area (Å²) in [6.07, 6.45) is -2.12. The predicted molar refractivity (Wildman–Crippen MR) is 38.0 cm³/mol. The van der Waals surface area contributed by atoms with Gasteiger partial charge in [-0.25, -0.2) is 0 Å². The number of ether oxygens (including phenoxy) is 1. The Kier molecular flexibility index (Phi) is 2.54. The van der Waals surface area contributed by atoms with Crippen molar-refractivity contribution in [1.82, 2.24) is 9.97 Å². The van der Waals surface area contributed by atoms with Gasteiger partial charge in [-0.2, -0.15) is 18.2 Å². The molecular formula is C6H6F3N3O. The summed E-state index contributed by atoms with van der Waals surface area (Å²) < 4.78 is 39.2. The molecule has 4 nitrogen and oxygen atoms in total. The van der Waals surface area contributed by atoms with Gasteiger partial charge in [-0.1, -0.05) is 0 Å². The Morgan fingerprint density at radius 2 is 2.08 bits per heavy atom. The second-order valence-electron chi connectivity index (χ2n) is 2.19. The van der Waals surface area contributed by atoms with Crippen molar-refractivity contribution in [2.24, 2.45) is 0 Å². The van der Waals surface area contributed by atoms with E-state index in [1.165, 1.54) is 6.20 Å². The van der Waals surface area contributed by atoms with Crippen LogP contribution in [0.5, 0.6) is 5.88 Å². The number of nitrogens with two attached hydrogens (primary N) is 1. The van der Waals surface area contributed by atoms with Crippen LogP contribution in [-0.4, -0.2) is 22.8 Å². The topological polar surface area (TPSA) is 61.0 Å². The van der Waals surface area contributed by atoms with Gasteiger partial charge in [-0.3, -0.25) is 4.98 Å². The van der Waals surface area contributed by atoms with Gasteiger partial charge >= 0.3 is 6.18 Å². The van der Waals surface area contributed by atoms with E-state index in [0.717, 1.165) is 6.20 Å². The van der Waals surface area contributed by atoms with Gasteiger partial charge in [0.15, 0.2) is 6.61 Å². The van der Waals surface area contributed by atoms with Gasteiger partial charge in [0.1, 0.15) is 5.82 Å². The van der Waals surface area contributed by atoms with Crippen LogP contribution in [-0.2, 0) is 0 Å². The summed E-state index contributed by atoms with van der Waals surface area (Å²) in [5.74, 6) is -0.225. The zero-order valence-corrected chi connectivity index (χ0v) is 6.38. The fourth-order valence-corrected chi connectivity index (χ4v) is 0.588. The Hall–Kier alpha value is -1.53. The number of hydrogen-bond donors (Lipinski definition) is 1. The summed E-state index contributed by atoms with van der Waals surface area (Å²) in [6.45, 7) is -1.40. The van der Waals surface area contributed by atoms with Crippen molar-refractivity contribution in [3.05, 3.63) is 12.4 Å². The Morgan fingerprint density at radius 3 is 2.62 bits per heavy atom. The Bertz CT molecular complexity index is 289. The van der Waals surface area contributed by atoms with Crippen molar-refractivity contribution in [3.63, 3.8) is 0 Å². The minimum absolute atomic E-state index is 0.0136. The van der Waals surface area contributed by atoms with Crippen molar-refractivity contribution in [2.45, 2.75) is 6.18 Å². The zero-order chi connectivity index (χ0) is 9.90. The second kappa shape index (κ2) is 3.46. The average molecular weight is 193 g/mol. The maximum atomic E-state index is 11.6. The van der Waals surface area contributed by atoms with Gasteiger partial charge in [0.05, 0.1) is 12.4 Å². The highest BCUT2D eigenvalue weighted by atomic mass is 19.4. The first-order chi connectivity index (χ1) is 5.97. The minimum Gasteiger partial charge on any atom is -0.467 e. The van der Waals surface area contributed by atoms with Crippen LogP contribution in [0.25, 0.3) is 0 Å². The number of rotatable bonds is 2. The standard InChI is InChI=1S/C6H6F3N3O/c7-6(8,9)3-13-5-2-11-1-4(10)12-5/h1-2H,3H2,(H2,10,12). The number of anilines is 1. The monoisotopic (exact) mass is 193 g/mol. The largest absolute Gasteiger partial charge is 0.467 e. The fourth-order valence-electron chi connectivity index (χ4n) is 0.588. The molecule has 2 N–H and O–H groups in total. The molecule has 1 heterocycles. The van der Waals surface area contributed by atoms with Crippen LogP contribution in [0.2, 0.25) is 0 Å². The van der Waals surface area contributed by atoms with Crippen LogP contribution in [0.15, 0.2) is 12.4 Å². The molecule has 1 aromatic rings. The molecule has 0 radical (unpaired) electrons. The molecule has 7 heteroatoms. The molecule has 0 aliphatic carbocycles. The van der Waals surface area contributed by atoms with Gasteiger partial charge in [0.2, 0.25) is 5.88 Å². The van der Waals surface area contributed by atoms with Crippen molar-refractivity contribution in [1.29, 1.82) is 0 Å². The minimum atomic E-state index is -4.38. The quantitative estimate of drug-likeness (QED) is 0.761. The molecule has 0 unspecified atom stereocenters. The van der Waals surface area contributed by atoms with E-state index < -0.39 is 12.8 Å². The number of nitrogen functional groups attached to an aromatic ring is 1. The number of nitrogens with zero attached hydrogens (tertiary/aromatic N) is 2. The third-order valence-electron chi connectivity index (χ3n) is 1.01. The van der Waals surface area contributed by atoms with E-state index >= 15 is 0 Å². The first-order valence-electron chi connectivity index (χ1n) is 3.24. The van der Waals surface area contributed by atoms with Gasteiger partial charge in [-0.05, 0) is 0 Å². The van der Waals surface area contributed by atoms with Gasteiger partial charge in [0, 0.05) is 0 Å². The summed E-state index contributed by atoms with van der Waals surface area (Å²) in [4.78, 5) is 6.97. The van der Waals surface area contributed by atoms with E-state index in [1.54, 1.807) is 0 Å². The van der Waals surface area contributed by atoms with Crippen molar-refractivity contribution < 1.29 is 17.9 Å². The van der Waals surface area contributed by atoms with E-state index in [1.807, 2.05) is 0 Å². The maximum Gasteiger partial charge on any atom is 0.422 e. The first-order valence-corrected chi connectivity index (χ1v) is 3.24. The molecule has 72 valence electrons. The molecule has 0 fully saturated rings. The summed E-state index contributed by atoms with van der Waals surface area (Å²) in [7, 11) is 0. The van der Waals surface area contributed by atoms with Crippen molar-refractivity contribution in [2.75, 3.05) is 12.3 Å². The van der Waals surface area contributed by atoms with E-state index in [0.29, 0.717) is 0 Å². The molecule has 0 saturated carbocycles. The third-order valence-corrected chi connectivity index (χ3v) is 1.01. The molecule has 1 aromatic heterocycles. The SMILES string of the molecule is Nc1cncc(OCC(F)(F)F)n1. The highest BCUT2D eigenvalue weighted by Crippen LogP contribution is 2.16. The van der Waals surface area contributed by atoms with E-state index in [9.17, 15) is 13.2 Å². The number of halogens is 3. The highest BCUT2D eigenvalue weighted by molar-refractivity contribution is 5.25. The number of alkyl halides is 3. The lowest BCUT2D eigenvalue weighted by Crippen LogP contribution is -2.19. The summed E-state index contributed by atoms with van der Waals surface area (Å²) in [6, 6.07) is 0. The molecule has 0 bridgehead atoms. The normalized spacial score (nSPS) is 11.3. The van der Waals surface area contributed by atoms with Gasteiger partial charge < -0.3 is 10.5 Å². The predicted octanol–water partition coefficient (Wildman–Crippen LogP) is 1.000. The Balaban J connectivity index is 2.55. The second-order valence-corrected chi connectivity index (χ2v) is 2.19. The van der Waals surface area contributed by atoms with Crippen LogP contribution in [0, 0.1) is 0 Å². The molecule has 13 heavy (non-hydrogen) atoms. The summed E-state index contributed by atoms with van der Waals surface area (Å²) >= 11 is 0. The molecule has 0 atom stereocenters. The van der Waals surface area contributed by atoms with Crippen LogP contribution < -0.4 is 10.5 Å². The third kappa shape index (κ3) is 3.59. The lowest BCUT2D eigenvalue weighted by Gasteiger charge is -2.07. The Morgan fingerprint density at radius 1 is 1.38 bits per heavy atom. The van der Waals surface area contributed by atoms with E-state index in [-0.39, 0.29) is 11.7 Å². The van der Waals surface area contributed by atoms with Crippen LogP contribution in [0.3, 0.4) is 0 Å². The van der Waals surface area contributed by atoms with Crippen molar-refractivity contribution in [3.8, 4) is 5.88 Å². The highest BCUT2D eigenvalue weighted by Gasteiger charge is 2.28. The summed E-state index contributed by atoms with van der Waals surface area (Å²) in [5.41, 5.74) is 5.16. The molecule has 1 rings (SSSR count). The van der Waals surface area contributed by atoms with E-state index in [4.69, 9.17) is 5.73 Å². The molecule has 0 aromatic carbocycles. The summed E-state index contributed by atoms with van der Waals surface area (Å²) in [5, 5.41) is 0. The fraction of sp³-hybridized carbons (Fsp3) is 0.333. The number of aromatic nitrogens is 2. The smallest absolute Gasteiger partial charge is 0.422 e. The average Bonchev–Trinajstić information content (AvgIpc) is 2.00.